The molecular weight excluding hydrogens is 237 g/mol. The van der Waals surface area contributed by atoms with Crippen molar-refractivity contribution in [1.82, 2.24) is 5.32 Å². The van der Waals surface area contributed by atoms with E-state index < -0.39 is 0 Å². The summed E-state index contributed by atoms with van der Waals surface area (Å²) in [4.78, 5) is 0. The molecule has 0 aliphatic rings. The number of benzene rings is 2. The van der Waals surface area contributed by atoms with Gasteiger partial charge >= 0.3 is 0 Å². The molecule has 2 rings (SSSR count). The zero-order chi connectivity index (χ0) is 13.8. The molecule has 0 heterocycles. The second kappa shape index (κ2) is 6.16. The van der Waals surface area contributed by atoms with Crippen molar-refractivity contribution >= 4 is 10.8 Å². The number of nitrogens with one attached hydrogen (secondary N) is 1. The van der Waals surface area contributed by atoms with E-state index in [9.17, 15) is 4.39 Å². The molecule has 2 aromatic carbocycles. The zero-order valence-corrected chi connectivity index (χ0v) is 11.9. The Kier molecular flexibility index (Phi) is 4.54. The van der Waals surface area contributed by atoms with Crippen LogP contribution in [0.1, 0.15) is 38.3 Å². The molecule has 0 fully saturated rings. The van der Waals surface area contributed by atoms with Crippen LogP contribution in [0.15, 0.2) is 36.4 Å². The van der Waals surface area contributed by atoms with Crippen LogP contribution in [0.3, 0.4) is 0 Å². The van der Waals surface area contributed by atoms with Crippen LogP contribution in [-0.2, 0) is 0 Å². The third kappa shape index (κ3) is 2.79. The van der Waals surface area contributed by atoms with Crippen LogP contribution in [0.2, 0.25) is 0 Å². The van der Waals surface area contributed by atoms with E-state index in [1.807, 2.05) is 37.4 Å². The highest BCUT2D eigenvalue weighted by Gasteiger charge is 2.19. The minimum atomic E-state index is -0.141. The van der Waals surface area contributed by atoms with E-state index in [1.165, 1.54) is 12.0 Å². The molecule has 1 N–H and O–H groups in total. The van der Waals surface area contributed by atoms with Gasteiger partial charge in [-0.2, -0.15) is 0 Å². The summed E-state index contributed by atoms with van der Waals surface area (Å²) in [5, 5.41) is 5.12. The van der Waals surface area contributed by atoms with Crippen LogP contribution in [-0.4, -0.2) is 7.05 Å². The monoisotopic (exact) mass is 259 g/mol. The number of fused-ring (bicyclic) bond motifs is 1. The van der Waals surface area contributed by atoms with Crippen LogP contribution >= 0.6 is 0 Å². The van der Waals surface area contributed by atoms with Crippen molar-refractivity contribution in [2.75, 3.05) is 7.05 Å². The Morgan fingerprint density at radius 1 is 1.11 bits per heavy atom. The second-order valence-corrected chi connectivity index (χ2v) is 5.21. The molecule has 0 aliphatic carbocycles. The van der Waals surface area contributed by atoms with Crippen molar-refractivity contribution in [3.05, 3.63) is 47.8 Å². The lowest BCUT2D eigenvalue weighted by Crippen LogP contribution is -2.23. The molecule has 2 heteroatoms. The maximum absolute atomic E-state index is 13.9. The van der Waals surface area contributed by atoms with E-state index in [0.29, 0.717) is 11.3 Å². The Labute approximate surface area is 114 Å². The highest BCUT2D eigenvalue weighted by atomic mass is 19.1. The lowest BCUT2D eigenvalue weighted by Gasteiger charge is -2.25. The first-order valence-corrected chi connectivity index (χ1v) is 7.03. The average molecular weight is 259 g/mol. The molecule has 0 amide bonds. The first-order valence-electron chi connectivity index (χ1n) is 7.03. The normalized spacial score (nSPS) is 14.5. The summed E-state index contributed by atoms with van der Waals surface area (Å²) in [6, 6.07) is 11.5. The molecule has 102 valence electrons. The molecule has 0 saturated heterocycles. The van der Waals surface area contributed by atoms with E-state index in [1.54, 1.807) is 6.07 Å². The Morgan fingerprint density at radius 2 is 1.79 bits per heavy atom. The summed E-state index contributed by atoms with van der Waals surface area (Å²) in [5.41, 5.74) is 1.19. The molecule has 2 unspecified atom stereocenters. The SMILES string of the molecule is CCCC(C)C(NC)c1ccc(F)c2ccccc12. The molecule has 0 radical (unpaired) electrons. The van der Waals surface area contributed by atoms with Gasteiger partial charge in [0.15, 0.2) is 0 Å². The van der Waals surface area contributed by atoms with Gasteiger partial charge < -0.3 is 5.32 Å². The third-order valence-corrected chi connectivity index (χ3v) is 3.86. The number of hydrogen-bond acceptors (Lipinski definition) is 1. The van der Waals surface area contributed by atoms with Gasteiger partial charge in [-0.3, -0.25) is 0 Å². The van der Waals surface area contributed by atoms with Gasteiger partial charge in [-0.1, -0.05) is 50.6 Å². The molecule has 0 aromatic heterocycles. The third-order valence-electron chi connectivity index (χ3n) is 3.86. The van der Waals surface area contributed by atoms with Crippen LogP contribution < -0.4 is 5.32 Å². The average Bonchev–Trinajstić information content (AvgIpc) is 2.43. The smallest absolute Gasteiger partial charge is 0.131 e. The molecular formula is C17H22FN. The fraction of sp³-hybridized carbons (Fsp3) is 0.412. The van der Waals surface area contributed by atoms with E-state index >= 15 is 0 Å². The predicted molar refractivity (Wildman–Crippen MR) is 79.8 cm³/mol. The lowest BCUT2D eigenvalue weighted by molar-refractivity contribution is 0.385. The van der Waals surface area contributed by atoms with Crippen molar-refractivity contribution in [3.63, 3.8) is 0 Å². The molecule has 1 nitrogen and oxygen atoms in total. The summed E-state index contributed by atoms with van der Waals surface area (Å²) in [6.45, 7) is 4.45. The van der Waals surface area contributed by atoms with Gasteiger partial charge in [0.05, 0.1) is 0 Å². The van der Waals surface area contributed by atoms with E-state index in [0.717, 1.165) is 11.8 Å². The first-order chi connectivity index (χ1) is 9.19. The molecule has 2 atom stereocenters. The maximum atomic E-state index is 13.9. The van der Waals surface area contributed by atoms with E-state index in [2.05, 4.69) is 19.2 Å². The largest absolute Gasteiger partial charge is 0.313 e. The molecule has 0 bridgehead atoms. The molecule has 19 heavy (non-hydrogen) atoms. The van der Waals surface area contributed by atoms with Crippen molar-refractivity contribution in [2.24, 2.45) is 5.92 Å². The summed E-state index contributed by atoms with van der Waals surface area (Å²) in [5.74, 6) is 0.390. The Bertz CT molecular complexity index is 550. The summed E-state index contributed by atoms with van der Waals surface area (Å²) in [7, 11) is 1.98. The Balaban J connectivity index is 2.52. The van der Waals surface area contributed by atoms with Gasteiger partial charge in [0.1, 0.15) is 5.82 Å². The van der Waals surface area contributed by atoms with Crippen molar-refractivity contribution in [3.8, 4) is 0 Å². The molecule has 0 aliphatic heterocycles. The van der Waals surface area contributed by atoms with Crippen LogP contribution in [0, 0.1) is 11.7 Å². The summed E-state index contributed by atoms with van der Waals surface area (Å²) >= 11 is 0. The van der Waals surface area contributed by atoms with Crippen LogP contribution in [0.5, 0.6) is 0 Å². The van der Waals surface area contributed by atoms with Gasteiger partial charge in [0.2, 0.25) is 0 Å². The van der Waals surface area contributed by atoms with Crippen LogP contribution in [0.25, 0.3) is 10.8 Å². The van der Waals surface area contributed by atoms with Crippen molar-refractivity contribution in [2.45, 2.75) is 32.7 Å². The summed E-state index contributed by atoms with van der Waals surface area (Å²) < 4.78 is 13.9. The number of halogens is 1. The number of hydrogen-bond donors (Lipinski definition) is 1. The minimum Gasteiger partial charge on any atom is -0.313 e. The maximum Gasteiger partial charge on any atom is 0.131 e. The fourth-order valence-corrected chi connectivity index (χ4v) is 2.93. The van der Waals surface area contributed by atoms with E-state index in [-0.39, 0.29) is 11.9 Å². The molecule has 0 spiro atoms. The van der Waals surface area contributed by atoms with Gasteiger partial charge in [0, 0.05) is 11.4 Å². The fourth-order valence-electron chi connectivity index (χ4n) is 2.93. The summed E-state index contributed by atoms with van der Waals surface area (Å²) in [6.07, 6.45) is 2.33. The molecule has 0 saturated carbocycles. The lowest BCUT2D eigenvalue weighted by atomic mass is 9.88. The quantitative estimate of drug-likeness (QED) is 0.822. The first kappa shape index (κ1) is 14.0. The van der Waals surface area contributed by atoms with Crippen LogP contribution in [0.4, 0.5) is 4.39 Å². The van der Waals surface area contributed by atoms with Gasteiger partial charge in [-0.15, -0.1) is 0 Å². The standard InChI is InChI=1S/C17H22FN/c1-4-7-12(2)17(19-3)15-10-11-16(18)14-9-6-5-8-13(14)15/h5-6,8-12,17,19H,4,7H2,1-3H3. The van der Waals surface area contributed by atoms with Crippen molar-refractivity contribution < 1.29 is 4.39 Å². The minimum absolute atomic E-state index is 0.141. The van der Waals surface area contributed by atoms with Gasteiger partial charge in [0.25, 0.3) is 0 Å². The molecule has 2 aromatic rings. The topological polar surface area (TPSA) is 12.0 Å². The Morgan fingerprint density at radius 3 is 2.42 bits per heavy atom. The van der Waals surface area contributed by atoms with E-state index in [4.69, 9.17) is 0 Å². The second-order valence-electron chi connectivity index (χ2n) is 5.21. The highest BCUT2D eigenvalue weighted by molar-refractivity contribution is 5.86. The number of rotatable bonds is 5. The highest BCUT2D eigenvalue weighted by Crippen LogP contribution is 2.31. The zero-order valence-electron chi connectivity index (χ0n) is 11.9. The predicted octanol–water partition coefficient (Wildman–Crippen LogP) is 4.68. The Hall–Kier alpha value is -1.41. The van der Waals surface area contributed by atoms with Gasteiger partial charge in [-0.05, 0) is 36.4 Å². The van der Waals surface area contributed by atoms with Gasteiger partial charge in [-0.25, -0.2) is 4.39 Å². The van der Waals surface area contributed by atoms with Crippen molar-refractivity contribution in [1.29, 1.82) is 0 Å².